The molecule has 122 valence electrons. The third-order valence-electron chi connectivity index (χ3n) is 3.61. The highest BCUT2D eigenvalue weighted by Crippen LogP contribution is 2.28. The van der Waals surface area contributed by atoms with Gasteiger partial charge in [0.2, 0.25) is 5.90 Å². The second kappa shape index (κ2) is 6.58. The lowest BCUT2D eigenvalue weighted by Gasteiger charge is -2.10. The van der Waals surface area contributed by atoms with Crippen molar-refractivity contribution in [2.24, 2.45) is 5.10 Å². The first kappa shape index (κ1) is 15.8. The molecule has 0 radical (unpaired) electrons. The zero-order valence-electron chi connectivity index (χ0n) is 13.6. The molecule has 0 aromatic heterocycles. The molecule has 0 saturated heterocycles. The van der Waals surface area contributed by atoms with E-state index in [-0.39, 0.29) is 17.6 Å². The van der Waals surface area contributed by atoms with E-state index in [1.165, 1.54) is 5.01 Å². The van der Waals surface area contributed by atoms with E-state index in [4.69, 9.17) is 4.74 Å². The molecule has 1 aliphatic heterocycles. The van der Waals surface area contributed by atoms with Gasteiger partial charge in [0.15, 0.2) is 0 Å². The van der Waals surface area contributed by atoms with Crippen molar-refractivity contribution in [3.8, 4) is 5.75 Å². The van der Waals surface area contributed by atoms with Gasteiger partial charge in [0.1, 0.15) is 11.3 Å². The number of rotatable bonds is 3. The quantitative estimate of drug-likeness (QED) is 0.880. The van der Waals surface area contributed by atoms with Gasteiger partial charge in [0, 0.05) is 5.56 Å². The topological polar surface area (TPSA) is 62.1 Å². The second-order valence-corrected chi connectivity index (χ2v) is 5.41. The van der Waals surface area contributed by atoms with Crippen LogP contribution in [0.25, 0.3) is 6.08 Å². The summed E-state index contributed by atoms with van der Waals surface area (Å²) >= 11 is 0. The van der Waals surface area contributed by atoms with Crippen LogP contribution in [-0.2, 0) is 9.53 Å². The molecule has 0 atom stereocenters. The molecular weight excluding hydrogens is 304 g/mol. The Labute approximate surface area is 140 Å². The number of phenolic OH excluding ortho intramolecular Hbond substituents is 1. The van der Waals surface area contributed by atoms with Crippen LogP contribution < -0.4 is 5.01 Å². The van der Waals surface area contributed by atoms with Crippen molar-refractivity contribution in [1.29, 1.82) is 0 Å². The number of ether oxygens (including phenoxy) is 1. The van der Waals surface area contributed by atoms with E-state index in [1.54, 1.807) is 30.3 Å². The molecule has 5 nitrogen and oxygen atoms in total. The van der Waals surface area contributed by atoms with Crippen LogP contribution in [0.3, 0.4) is 0 Å². The van der Waals surface area contributed by atoms with Gasteiger partial charge < -0.3 is 9.84 Å². The van der Waals surface area contributed by atoms with Crippen LogP contribution in [0.4, 0.5) is 5.69 Å². The Balaban J connectivity index is 2.02. The predicted molar refractivity (Wildman–Crippen MR) is 93.8 cm³/mol. The summed E-state index contributed by atoms with van der Waals surface area (Å²) in [5.41, 5.74) is 2.47. The van der Waals surface area contributed by atoms with E-state index in [0.717, 1.165) is 5.56 Å². The summed E-state index contributed by atoms with van der Waals surface area (Å²) in [4.78, 5) is 12.8. The average molecular weight is 322 g/mol. The first-order chi connectivity index (χ1) is 11.6. The van der Waals surface area contributed by atoms with E-state index < -0.39 is 0 Å². The number of carbonyl (C=O) groups excluding carboxylic acids is 1. The number of nitrogens with zero attached hydrogens (tertiary/aromatic N) is 2. The maximum absolute atomic E-state index is 12.8. The number of phenols is 1. The lowest BCUT2D eigenvalue weighted by molar-refractivity contribution is -0.114. The highest BCUT2D eigenvalue weighted by molar-refractivity contribution is 6.30. The summed E-state index contributed by atoms with van der Waals surface area (Å²) < 4.78 is 5.51. The summed E-state index contributed by atoms with van der Waals surface area (Å²) in [6.45, 7) is 4.12. The van der Waals surface area contributed by atoms with Crippen LogP contribution in [0.2, 0.25) is 0 Å². The van der Waals surface area contributed by atoms with Gasteiger partial charge in [-0.3, -0.25) is 4.79 Å². The third-order valence-corrected chi connectivity index (χ3v) is 3.61. The lowest BCUT2D eigenvalue weighted by Crippen LogP contribution is -2.21. The summed E-state index contributed by atoms with van der Waals surface area (Å²) in [6, 6.07) is 14.4. The van der Waals surface area contributed by atoms with Crippen molar-refractivity contribution in [1.82, 2.24) is 0 Å². The second-order valence-electron chi connectivity index (χ2n) is 5.41. The Hall–Kier alpha value is -3.08. The molecule has 1 amide bonds. The molecule has 24 heavy (non-hydrogen) atoms. The Morgan fingerprint density at radius 1 is 1.21 bits per heavy atom. The molecule has 0 spiro atoms. The van der Waals surface area contributed by atoms with Gasteiger partial charge >= 0.3 is 0 Å². The average Bonchev–Trinajstić information content (AvgIpc) is 2.88. The summed E-state index contributed by atoms with van der Waals surface area (Å²) in [5, 5.41) is 15.7. The SMILES string of the molecule is CCOC1=NN(c2ccccc2)C(=O)C1=Cc1ccc(C)cc1O. The van der Waals surface area contributed by atoms with Gasteiger partial charge in [-0.2, -0.15) is 5.01 Å². The smallest absolute Gasteiger partial charge is 0.284 e. The van der Waals surface area contributed by atoms with Gasteiger partial charge in [-0.05, 0) is 43.7 Å². The maximum Gasteiger partial charge on any atom is 0.284 e. The normalized spacial score (nSPS) is 15.8. The number of anilines is 1. The molecule has 0 aliphatic carbocycles. The van der Waals surface area contributed by atoms with E-state index >= 15 is 0 Å². The lowest BCUT2D eigenvalue weighted by atomic mass is 10.1. The first-order valence-corrected chi connectivity index (χ1v) is 7.72. The van der Waals surface area contributed by atoms with Gasteiger partial charge in [-0.1, -0.05) is 30.3 Å². The number of carbonyl (C=O) groups is 1. The highest BCUT2D eigenvalue weighted by Gasteiger charge is 2.32. The number of para-hydroxylation sites is 1. The Morgan fingerprint density at radius 2 is 1.96 bits per heavy atom. The Bertz CT molecular complexity index is 826. The Kier molecular flexibility index (Phi) is 4.33. The summed E-state index contributed by atoms with van der Waals surface area (Å²) in [6.07, 6.45) is 1.61. The zero-order chi connectivity index (χ0) is 17.1. The van der Waals surface area contributed by atoms with Crippen molar-refractivity contribution in [2.75, 3.05) is 11.6 Å². The molecule has 2 aromatic carbocycles. The first-order valence-electron chi connectivity index (χ1n) is 7.72. The van der Waals surface area contributed by atoms with Crippen molar-refractivity contribution in [3.63, 3.8) is 0 Å². The molecule has 3 rings (SSSR count). The molecule has 5 heteroatoms. The van der Waals surface area contributed by atoms with E-state index in [0.29, 0.717) is 23.4 Å². The number of amides is 1. The van der Waals surface area contributed by atoms with Crippen LogP contribution in [0.5, 0.6) is 5.75 Å². The highest BCUT2D eigenvalue weighted by atomic mass is 16.5. The van der Waals surface area contributed by atoms with Crippen molar-refractivity contribution in [2.45, 2.75) is 13.8 Å². The fraction of sp³-hybridized carbons (Fsp3) is 0.158. The van der Waals surface area contributed by atoms with E-state index in [2.05, 4.69) is 5.10 Å². The standard InChI is InChI=1S/C19H18N2O3/c1-3-24-18-16(12-14-10-9-13(2)11-17(14)22)19(23)21(20-18)15-7-5-4-6-8-15/h4-12,22H,3H2,1-2H3. The number of hydrogen-bond acceptors (Lipinski definition) is 4. The molecule has 1 N–H and O–H groups in total. The maximum atomic E-state index is 12.8. The van der Waals surface area contributed by atoms with Crippen LogP contribution in [0.15, 0.2) is 59.2 Å². The number of benzene rings is 2. The van der Waals surface area contributed by atoms with Gasteiger partial charge in [-0.15, -0.1) is 5.10 Å². The molecule has 0 bridgehead atoms. The monoisotopic (exact) mass is 322 g/mol. The third kappa shape index (κ3) is 3.01. The molecule has 2 aromatic rings. The molecule has 0 fully saturated rings. The van der Waals surface area contributed by atoms with Crippen LogP contribution >= 0.6 is 0 Å². The zero-order valence-corrected chi connectivity index (χ0v) is 13.6. The fourth-order valence-corrected chi connectivity index (χ4v) is 2.44. The number of hydrazone groups is 1. The van der Waals surface area contributed by atoms with Gasteiger partial charge in [0.05, 0.1) is 12.3 Å². The summed E-state index contributed by atoms with van der Waals surface area (Å²) in [5.74, 6) is 0.0836. The number of hydrogen-bond donors (Lipinski definition) is 1. The summed E-state index contributed by atoms with van der Waals surface area (Å²) in [7, 11) is 0. The van der Waals surface area contributed by atoms with Gasteiger partial charge in [-0.25, -0.2) is 0 Å². The molecule has 1 heterocycles. The van der Waals surface area contributed by atoms with Crippen molar-refractivity contribution >= 4 is 23.6 Å². The van der Waals surface area contributed by atoms with Crippen molar-refractivity contribution < 1.29 is 14.6 Å². The van der Waals surface area contributed by atoms with Gasteiger partial charge in [0.25, 0.3) is 5.91 Å². The molecule has 0 unspecified atom stereocenters. The molecular formula is C19H18N2O3. The fourth-order valence-electron chi connectivity index (χ4n) is 2.44. The van der Waals surface area contributed by atoms with E-state index in [9.17, 15) is 9.90 Å². The van der Waals surface area contributed by atoms with E-state index in [1.807, 2.05) is 38.1 Å². The van der Waals surface area contributed by atoms with Crippen LogP contribution in [0.1, 0.15) is 18.1 Å². The van der Waals surface area contributed by atoms with Crippen molar-refractivity contribution in [3.05, 3.63) is 65.2 Å². The minimum atomic E-state index is -0.287. The molecule has 1 aliphatic rings. The number of aromatic hydroxyl groups is 1. The Morgan fingerprint density at radius 3 is 2.62 bits per heavy atom. The minimum absolute atomic E-state index is 0.115. The number of aryl methyl sites for hydroxylation is 1. The largest absolute Gasteiger partial charge is 0.507 e. The van der Waals surface area contributed by atoms with Crippen LogP contribution in [-0.4, -0.2) is 23.5 Å². The van der Waals surface area contributed by atoms with Crippen LogP contribution in [0, 0.1) is 6.92 Å². The predicted octanol–water partition coefficient (Wildman–Crippen LogP) is 3.48. The minimum Gasteiger partial charge on any atom is -0.507 e. The molecule has 0 saturated carbocycles.